The number of hydrogen-bond acceptors (Lipinski definition) is 6. The Kier molecular flexibility index (Phi) is 4.24. The van der Waals surface area contributed by atoms with Gasteiger partial charge in [0.05, 0.1) is 11.0 Å². The van der Waals surface area contributed by atoms with Gasteiger partial charge in [0.1, 0.15) is 5.82 Å². The second-order valence-corrected chi connectivity index (χ2v) is 8.45. The minimum Gasteiger partial charge on any atom is -0.388 e. The summed E-state index contributed by atoms with van der Waals surface area (Å²) in [5.41, 5.74) is 0.679. The molecule has 1 aromatic heterocycles. The van der Waals surface area contributed by atoms with Gasteiger partial charge in [0.15, 0.2) is 9.84 Å². The molecule has 2 N–H and O–H groups in total. The molecule has 1 heterocycles. The predicted octanol–water partition coefficient (Wildman–Crippen LogP) is 1.91. The Morgan fingerprint density at radius 3 is 2.64 bits per heavy atom. The number of sulfone groups is 1. The zero-order valence-corrected chi connectivity index (χ0v) is 13.7. The zero-order chi connectivity index (χ0) is 15.7. The van der Waals surface area contributed by atoms with E-state index in [4.69, 9.17) is 0 Å². The number of hydrogen-bond donors (Lipinski definition) is 2. The number of nitrogens with one attached hydrogen (secondary N) is 1. The molecule has 3 rings (SSSR count). The van der Waals surface area contributed by atoms with Crippen LogP contribution in [0.15, 0.2) is 34.3 Å². The number of benzene rings is 1. The molecule has 0 bridgehead atoms. The summed E-state index contributed by atoms with van der Waals surface area (Å²) in [5, 5.41) is 17.9. The molecule has 0 amide bonds. The van der Waals surface area contributed by atoms with Crippen molar-refractivity contribution in [1.29, 1.82) is 0 Å². The van der Waals surface area contributed by atoms with Crippen LogP contribution >= 0.6 is 11.8 Å². The maximum Gasteiger partial charge on any atom is 0.208 e. The Labute approximate surface area is 133 Å². The van der Waals surface area contributed by atoms with Crippen LogP contribution in [0.4, 0.5) is 0 Å². The van der Waals surface area contributed by atoms with Crippen molar-refractivity contribution in [2.24, 2.45) is 0 Å². The van der Waals surface area contributed by atoms with E-state index < -0.39 is 15.9 Å². The smallest absolute Gasteiger partial charge is 0.208 e. The Bertz CT molecular complexity index is 752. The minimum absolute atomic E-state index is 0.249. The molecule has 0 saturated heterocycles. The van der Waals surface area contributed by atoms with Crippen molar-refractivity contribution in [3.05, 3.63) is 35.7 Å². The second-order valence-electron chi connectivity index (χ2n) is 5.45. The van der Waals surface area contributed by atoms with Gasteiger partial charge in [-0.05, 0) is 30.5 Å². The van der Waals surface area contributed by atoms with E-state index in [0.29, 0.717) is 22.4 Å². The lowest BCUT2D eigenvalue weighted by atomic mass is 10.1. The predicted molar refractivity (Wildman–Crippen MR) is 83.6 cm³/mol. The van der Waals surface area contributed by atoms with Crippen LogP contribution < -0.4 is 0 Å². The summed E-state index contributed by atoms with van der Waals surface area (Å²) in [6.07, 6.45) is 2.79. The third kappa shape index (κ3) is 3.68. The van der Waals surface area contributed by atoms with Gasteiger partial charge in [-0.1, -0.05) is 23.9 Å². The molecule has 1 aliphatic rings. The fraction of sp³-hybridized carbons (Fsp3) is 0.429. The lowest BCUT2D eigenvalue weighted by molar-refractivity contribution is 0.204. The highest BCUT2D eigenvalue weighted by Gasteiger charge is 2.27. The fourth-order valence-corrected chi connectivity index (χ4v) is 3.45. The van der Waals surface area contributed by atoms with Gasteiger partial charge in [0.2, 0.25) is 5.16 Å². The quantitative estimate of drug-likeness (QED) is 0.781. The van der Waals surface area contributed by atoms with Crippen LogP contribution in [0.1, 0.15) is 36.3 Å². The number of aromatic nitrogens is 3. The Morgan fingerprint density at radius 1 is 1.36 bits per heavy atom. The van der Waals surface area contributed by atoms with Crippen LogP contribution in [0.3, 0.4) is 0 Å². The average Bonchev–Trinajstić information content (AvgIpc) is 3.23. The highest BCUT2D eigenvalue weighted by atomic mass is 32.2. The van der Waals surface area contributed by atoms with E-state index in [1.807, 2.05) is 0 Å². The SMILES string of the molecule is CS(=O)(=O)c1ccc(C(O)CSc2n[nH]c(C3CC3)n2)cc1. The number of nitrogens with zero attached hydrogens (tertiary/aromatic N) is 2. The van der Waals surface area contributed by atoms with Crippen molar-refractivity contribution in [2.75, 3.05) is 12.0 Å². The molecule has 1 fully saturated rings. The van der Waals surface area contributed by atoms with Crippen molar-refractivity contribution in [3.63, 3.8) is 0 Å². The molecule has 118 valence electrons. The van der Waals surface area contributed by atoms with Crippen molar-refractivity contribution in [3.8, 4) is 0 Å². The largest absolute Gasteiger partial charge is 0.388 e. The Balaban J connectivity index is 1.59. The molecule has 1 aromatic carbocycles. The summed E-state index contributed by atoms with van der Waals surface area (Å²) in [7, 11) is -3.21. The molecule has 1 atom stereocenters. The van der Waals surface area contributed by atoms with E-state index >= 15 is 0 Å². The van der Waals surface area contributed by atoms with Gasteiger partial charge in [-0.25, -0.2) is 13.4 Å². The Hall–Kier alpha value is -1.38. The topological polar surface area (TPSA) is 95.9 Å². The highest BCUT2D eigenvalue weighted by molar-refractivity contribution is 7.99. The standard InChI is InChI=1S/C14H17N3O3S2/c1-22(19,20)11-6-4-9(5-7-11)12(18)8-21-14-15-13(16-17-14)10-2-3-10/h4-7,10,12,18H,2-3,8H2,1H3,(H,15,16,17). The number of aliphatic hydroxyl groups excluding tert-OH is 1. The molecule has 2 aromatic rings. The molecular weight excluding hydrogens is 322 g/mol. The van der Waals surface area contributed by atoms with Gasteiger partial charge in [-0.2, -0.15) is 0 Å². The van der Waals surface area contributed by atoms with Gasteiger partial charge < -0.3 is 5.11 Å². The molecule has 1 unspecified atom stereocenters. The van der Waals surface area contributed by atoms with Gasteiger partial charge in [-0.3, -0.25) is 5.10 Å². The fourth-order valence-electron chi connectivity index (χ4n) is 2.05. The summed E-state index contributed by atoms with van der Waals surface area (Å²) < 4.78 is 22.8. The van der Waals surface area contributed by atoms with E-state index in [-0.39, 0.29) is 4.90 Å². The molecular formula is C14H17N3O3S2. The first kappa shape index (κ1) is 15.5. The number of rotatable bonds is 6. The van der Waals surface area contributed by atoms with Crippen molar-refractivity contribution in [2.45, 2.75) is 34.9 Å². The van der Waals surface area contributed by atoms with Crippen molar-refractivity contribution in [1.82, 2.24) is 15.2 Å². The van der Waals surface area contributed by atoms with Crippen LogP contribution in [-0.2, 0) is 9.84 Å². The molecule has 1 aliphatic carbocycles. The zero-order valence-electron chi connectivity index (χ0n) is 12.1. The normalized spacial score (nSPS) is 16.6. The van der Waals surface area contributed by atoms with E-state index in [2.05, 4.69) is 15.2 Å². The number of thioether (sulfide) groups is 1. The van der Waals surface area contributed by atoms with E-state index in [9.17, 15) is 13.5 Å². The average molecular weight is 339 g/mol. The Morgan fingerprint density at radius 2 is 2.05 bits per heavy atom. The van der Waals surface area contributed by atoms with Crippen LogP contribution in [-0.4, -0.2) is 40.7 Å². The molecule has 1 saturated carbocycles. The van der Waals surface area contributed by atoms with Gasteiger partial charge in [0.25, 0.3) is 0 Å². The number of aliphatic hydroxyl groups is 1. The first-order valence-corrected chi connectivity index (χ1v) is 9.84. The summed E-state index contributed by atoms with van der Waals surface area (Å²) in [6, 6.07) is 6.29. The summed E-state index contributed by atoms with van der Waals surface area (Å²) in [6.45, 7) is 0. The molecule has 0 radical (unpaired) electrons. The van der Waals surface area contributed by atoms with Crippen LogP contribution in [0.5, 0.6) is 0 Å². The van der Waals surface area contributed by atoms with Gasteiger partial charge >= 0.3 is 0 Å². The second kappa shape index (κ2) is 6.02. The number of H-pyrrole nitrogens is 1. The summed E-state index contributed by atoms with van der Waals surface area (Å²) in [4.78, 5) is 4.64. The van der Waals surface area contributed by atoms with Crippen molar-refractivity contribution < 1.29 is 13.5 Å². The van der Waals surface area contributed by atoms with E-state index in [1.165, 1.54) is 23.9 Å². The van der Waals surface area contributed by atoms with E-state index in [0.717, 1.165) is 24.9 Å². The maximum absolute atomic E-state index is 11.4. The van der Waals surface area contributed by atoms with Crippen LogP contribution in [0.25, 0.3) is 0 Å². The molecule has 22 heavy (non-hydrogen) atoms. The molecule has 0 aliphatic heterocycles. The molecule has 6 nitrogen and oxygen atoms in total. The first-order chi connectivity index (χ1) is 10.4. The molecule has 0 spiro atoms. The van der Waals surface area contributed by atoms with Crippen molar-refractivity contribution >= 4 is 21.6 Å². The highest BCUT2D eigenvalue weighted by Crippen LogP contribution is 2.38. The monoisotopic (exact) mass is 339 g/mol. The third-order valence-corrected chi connectivity index (χ3v) is 5.56. The van der Waals surface area contributed by atoms with Gasteiger partial charge in [-0.15, -0.1) is 5.10 Å². The first-order valence-electron chi connectivity index (χ1n) is 6.96. The minimum atomic E-state index is -3.21. The number of aromatic amines is 1. The van der Waals surface area contributed by atoms with Crippen LogP contribution in [0, 0.1) is 0 Å². The van der Waals surface area contributed by atoms with Gasteiger partial charge in [0, 0.05) is 17.9 Å². The maximum atomic E-state index is 11.4. The lowest BCUT2D eigenvalue weighted by Gasteiger charge is -2.09. The van der Waals surface area contributed by atoms with E-state index in [1.54, 1.807) is 12.1 Å². The lowest BCUT2D eigenvalue weighted by Crippen LogP contribution is -2.02. The molecule has 8 heteroatoms. The summed E-state index contributed by atoms with van der Waals surface area (Å²) >= 11 is 1.38. The summed E-state index contributed by atoms with van der Waals surface area (Å²) in [5.74, 6) is 1.87. The van der Waals surface area contributed by atoms with Crippen LogP contribution in [0.2, 0.25) is 0 Å². The third-order valence-electron chi connectivity index (χ3n) is 3.51.